The fraction of sp³-hybridized carbons (Fsp3) is 0.450. The molecule has 1 aromatic heterocycles. The van der Waals surface area contributed by atoms with Gasteiger partial charge >= 0.3 is 0 Å². The van der Waals surface area contributed by atoms with E-state index in [9.17, 15) is 4.79 Å². The third-order valence-electron chi connectivity index (χ3n) is 4.72. The first-order chi connectivity index (χ1) is 12.0. The van der Waals surface area contributed by atoms with Crippen molar-refractivity contribution in [2.75, 3.05) is 18.0 Å². The summed E-state index contributed by atoms with van der Waals surface area (Å²) in [5, 5.41) is 2.95. The average Bonchev–Trinajstić information content (AvgIpc) is 2.61. The first-order valence-corrected chi connectivity index (χ1v) is 8.95. The molecule has 2 aromatic rings. The summed E-state index contributed by atoms with van der Waals surface area (Å²) in [6.45, 7) is 8.64. The molecule has 1 aliphatic heterocycles. The predicted octanol–water partition coefficient (Wildman–Crippen LogP) is 3.26. The van der Waals surface area contributed by atoms with E-state index in [1.54, 1.807) is 6.07 Å². The molecular formula is C20H26N4O. The van der Waals surface area contributed by atoms with E-state index in [2.05, 4.69) is 34.0 Å². The number of hydrogen-bond donors (Lipinski definition) is 1. The zero-order valence-corrected chi connectivity index (χ0v) is 15.2. The van der Waals surface area contributed by atoms with Crippen LogP contribution in [-0.4, -0.2) is 29.0 Å². The van der Waals surface area contributed by atoms with Gasteiger partial charge < -0.3 is 10.2 Å². The zero-order chi connectivity index (χ0) is 17.8. The Hall–Kier alpha value is -2.43. The number of anilines is 1. The van der Waals surface area contributed by atoms with E-state index in [1.807, 2.05) is 31.2 Å². The van der Waals surface area contributed by atoms with E-state index in [4.69, 9.17) is 0 Å². The van der Waals surface area contributed by atoms with Crippen LogP contribution in [0.2, 0.25) is 0 Å². The van der Waals surface area contributed by atoms with Gasteiger partial charge in [0, 0.05) is 25.3 Å². The lowest BCUT2D eigenvalue weighted by Gasteiger charge is -2.30. The van der Waals surface area contributed by atoms with Crippen LogP contribution in [-0.2, 0) is 6.54 Å². The Kier molecular flexibility index (Phi) is 5.31. The standard InChI is InChI=1S/C20H26N4O/c1-14-4-6-17(7-5-14)13-21-19(25)18-12-16(3)22-20(23-18)24-10-8-15(2)9-11-24/h4-7,12,15H,8-11,13H2,1-3H3,(H,21,25). The number of piperidine rings is 1. The van der Waals surface area contributed by atoms with Gasteiger partial charge in [0.1, 0.15) is 5.69 Å². The van der Waals surface area contributed by atoms with E-state index in [1.165, 1.54) is 5.56 Å². The lowest BCUT2D eigenvalue weighted by Crippen LogP contribution is -2.35. The van der Waals surface area contributed by atoms with Crippen LogP contribution in [0.25, 0.3) is 0 Å². The Labute approximate surface area is 149 Å². The third kappa shape index (κ3) is 4.56. The fourth-order valence-electron chi connectivity index (χ4n) is 3.00. The van der Waals surface area contributed by atoms with Crippen LogP contribution in [0.5, 0.6) is 0 Å². The highest BCUT2D eigenvalue weighted by Crippen LogP contribution is 2.20. The van der Waals surface area contributed by atoms with Crippen LogP contribution in [0.15, 0.2) is 30.3 Å². The monoisotopic (exact) mass is 338 g/mol. The minimum Gasteiger partial charge on any atom is -0.347 e. The van der Waals surface area contributed by atoms with Gasteiger partial charge in [-0.05, 0) is 44.2 Å². The van der Waals surface area contributed by atoms with Crippen LogP contribution >= 0.6 is 0 Å². The lowest BCUT2D eigenvalue weighted by atomic mass is 10.00. The maximum atomic E-state index is 12.5. The number of aryl methyl sites for hydroxylation is 2. The summed E-state index contributed by atoms with van der Waals surface area (Å²) < 4.78 is 0. The topological polar surface area (TPSA) is 58.1 Å². The maximum absolute atomic E-state index is 12.5. The first-order valence-electron chi connectivity index (χ1n) is 8.95. The van der Waals surface area contributed by atoms with E-state index in [0.29, 0.717) is 18.2 Å². The Morgan fingerprint density at radius 2 is 1.84 bits per heavy atom. The van der Waals surface area contributed by atoms with Crippen LogP contribution in [0, 0.1) is 19.8 Å². The Morgan fingerprint density at radius 3 is 2.52 bits per heavy atom. The molecule has 0 atom stereocenters. The van der Waals surface area contributed by atoms with Gasteiger partial charge in [0.2, 0.25) is 5.95 Å². The van der Waals surface area contributed by atoms with E-state index < -0.39 is 0 Å². The van der Waals surface area contributed by atoms with Gasteiger partial charge in [-0.2, -0.15) is 0 Å². The van der Waals surface area contributed by atoms with E-state index >= 15 is 0 Å². The van der Waals surface area contributed by atoms with Crippen LogP contribution in [0.1, 0.15) is 47.1 Å². The molecule has 1 fully saturated rings. The number of carbonyl (C=O) groups excluding carboxylic acids is 1. The summed E-state index contributed by atoms with van der Waals surface area (Å²) in [7, 11) is 0. The fourth-order valence-corrected chi connectivity index (χ4v) is 3.00. The normalized spacial score (nSPS) is 15.2. The van der Waals surface area contributed by atoms with Crippen molar-refractivity contribution >= 4 is 11.9 Å². The van der Waals surface area contributed by atoms with E-state index in [0.717, 1.165) is 43.1 Å². The highest BCUT2D eigenvalue weighted by atomic mass is 16.1. The molecule has 1 saturated heterocycles. The summed E-state index contributed by atoms with van der Waals surface area (Å²) in [5.41, 5.74) is 3.55. The molecule has 2 heterocycles. The van der Waals surface area contributed by atoms with Gasteiger partial charge in [0.25, 0.3) is 5.91 Å². The summed E-state index contributed by atoms with van der Waals surface area (Å²) in [5.74, 6) is 1.27. The number of benzene rings is 1. The number of rotatable bonds is 4. The largest absolute Gasteiger partial charge is 0.347 e. The number of hydrogen-bond acceptors (Lipinski definition) is 4. The van der Waals surface area contributed by atoms with Crippen molar-refractivity contribution in [3.63, 3.8) is 0 Å². The second-order valence-corrected chi connectivity index (χ2v) is 7.03. The van der Waals surface area contributed by atoms with Gasteiger partial charge in [-0.25, -0.2) is 9.97 Å². The van der Waals surface area contributed by atoms with E-state index in [-0.39, 0.29) is 5.91 Å². The number of nitrogens with zero attached hydrogens (tertiary/aromatic N) is 3. The Bertz CT molecular complexity index is 734. The smallest absolute Gasteiger partial charge is 0.270 e. The molecule has 0 aliphatic carbocycles. The third-order valence-corrected chi connectivity index (χ3v) is 4.72. The Morgan fingerprint density at radius 1 is 1.16 bits per heavy atom. The summed E-state index contributed by atoms with van der Waals surface area (Å²) in [6, 6.07) is 9.90. The molecule has 1 aliphatic rings. The second-order valence-electron chi connectivity index (χ2n) is 7.03. The van der Waals surface area contributed by atoms with Crippen molar-refractivity contribution in [2.45, 2.75) is 40.2 Å². The SMILES string of the molecule is Cc1ccc(CNC(=O)c2cc(C)nc(N3CCC(C)CC3)n2)cc1. The molecule has 0 saturated carbocycles. The minimum absolute atomic E-state index is 0.155. The molecule has 0 radical (unpaired) electrons. The molecule has 5 heteroatoms. The quantitative estimate of drug-likeness (QED) is 0.929. The first kappa shape index (κ1) is 17.4. The van der Waals surface area contributed by atoms with Gasteiger partial charge in [-0.3, -0.25) is 4.79 Å². The molecular weight excluding hydrogens is 312 g/mol. The minimum atomic E-state index is -0.155. The van der Waals surface area contributed by atoms with Crippen molar-refractivity contribution in [2.24, 2.45) is 5.92 Å². The van der Waals surface area contributed by atoms with Crippen molar-refractivity contribution < 1.29 is 4.79 Å². The van der Waals surface area contributed by atoms with Gasteiger partial charge in [-0.1, -0.05) is 36.8 Å². The van der Waals surface area contributed by atoms with Crippen molar-refractivity contribution in [3.8, 4) is 0 Å². The predicted molar refractivity (Wildman–Crippen MR) is 99.7 cm³/mol. The van der Waals surface area contributed by atoms with Crippen LogP contribution in [0.4, 0.5) is 5.95 Å². The number of aromatic nitrogens is 2. The van der Waals surface area contributed by atoms with Crippen molar-refractivity contribution in [3.05, 3.63) is 52.8 Å². The highest BCUT2D eigenvalue weighted by molar-refractivity contribution is 5.92. The van der Waals surface area contributed by atoms with Crippen LogP contribution in [0.3, 0.4) is 0 Å². The number of amides is 1. The molecule has 0 unspecified atom stereocenters. The highest BCUT2D eigenvalue weighted by Gasteiger charge is 2.20. The summed E-state index contributed by atoms with van der Waals surface area (Å²) in [4.78, 5) is 23.7. The second kappa shape index (κ2) is 7.64. The summed E-state index contributed by atoms with van der Waals surface area (Å²) in [6.07, 6.45) is 2.29. The summed E-state index contributed by atoms with van der Waals surface area (Å²) >= 11 is 0. The van der Waals surface area contributed by atoms with Crippen LogP contribution < -0.4 is 10.2 Å². The van der Waals surface area contributed by atoms with Gasteiger partial charge in [-0.15, -0.1) is 0 Å². The lowest BCUT2D eigenvalue weighted by molar-refractivity contribution is 0.0945. The zero-order valence-electron chi connectivity index (χ0n) is 15.2. The van der Waals surface area contributed by atoms with Gasteiger partial charge in [0.15, 0.2) is 0 Å². The molecule has 0 bridgehead atoms. The Balaban J connectivity index is 1.68. The maximum Gasteiger partial charge on any atom is 0.270 e. The molecule has 1 N–H and O–H groups in total. The molecule has 1 amide bonds. The molecule has 5 nitrogen and oxygen atoms in total. The molecule has 25 heavy (non-hydrogen) atoms. The molecule has 3 rings (SSSR count). The molecule has 0 spiro atoms. The average molecular weight is 338 g/mol. The van der Waals surface area contributed by atoms with Gasteiger partial charge in [0.05, 0.1) is 0 Å². The van der Waals surface area contributed by atoms with Crippen molar-refractivity contribution in [1.82, 2.24) is 15.3 Å². The molecule has 1 aromatic carbocycles. The number of nitrogens with one attached hydrogen (secondary N) is 1. The number of carbonyl (C=O) groups is 1. The van der Waals surface area contributed by atoms with Crippen molar-refractivity contribution in [1.29, 1.82) is 0 Å². The molecule has 132 valence electrons.